The normalized spacial score (nSPS) is 20.5. The lowest BCUT2D eigenvalue weighted by Gasteiger charge is -2.37. The van der Waals surface area contributed by atoms with Gasteiger partial charge in [0.2, 0.25) is 5.91 Å². The summed E-state index contributed by atoms with van der Waals surface area (Å²) in [6, 6.07) is 8.43. The minimum Gasteiger partial charge on any atom is -0.506 e. The lowest BCUT2D eigenvalue weighted by atomic mass is 9.80. The summed E-state index contributed by atoms with van der Waals surface area (Å²) in [4.78, 5) is 32.9. The number of aromatic hydroxyl groups is 1. The van der Waals surface area contributed by atoms with E-state index in [2.05, 4.69) is 23.7 Å². The summed E-state index contributed by atoms with van der Waals surface area (Å²) < 4.78 is 47.2. The minimum atomic E-state index is -4.87. The number of ether oxygens (including phenoxy) is 1. The first-order valence-electron chi connectivity index (χ1n) is 13.8. The van der Waals surface area contributed by atoms with Gasteiger partial charge in [-0.1, -0.05) is 25.1 Å². The van der Waals surface area contributed by atoms with Crippen molar-refractivity contribution >= 4 is 11.8 Å². The largest absolute Gasteiger partial charge is 0.506 e. The maximum absolute atomic E-state index is 13.8. The van der Waals surface area contributed by atoms with Crippen molar-refractivity contribution in [3.8, 4) is 11.4 Å². The van der Waals surface area contributed by atoms with Gasteiger partial charge in [-0.05, 0) is 48.6 Å². The number of alkyl halides is 3. The summed E-state index contributed by atoms with van der Waals surface area (Å²) >= 11 is 0. The molecule has 3 aliphatic rings. The number of nitrogens with zero attached hydrogens (tertiary/aromatic N) is 5. The van der Waals surface area contributed by atoms with E-state index < -0.39 is 35.7 Å². The summed E-state index contributed by atoms with van der Waals surface area (Å²) in [6.45, 7) is 4.08. The molecule has 0 bridgehead atoms. The molecule has 4 heterocycles. The van der Waals surface area contributed by atoms with Crippen molar-refractivity contribution in [2.75, 3.05) is 26.7 Å². The van der Waals surface area contributed by atoms with Crippen molar-refractivity contribution in [2.45, 2.75) is 49.9 Å². The van der Waals surface area contributed by atoms with E-state index in [0.717, 1.165) is 29.2 Å². The molecular weight excluding hydrogens is 551 g/mol. The summed E-state index contributed by atoms with van der Waals surface area (Å²) in [5.74, 6) is -1.52. The number of methoxy groups -OCH3 is 1. The van der Waals surface area contributed by atoms with Crippen molar-refractivity contribution in [1.29, 1.82) is 0 Å². The number of aromatic nitrogens is 3. The Bertz CT molecular complexity index is 1550. The van der Waals surface area contributed by atoms with Crippen LogP contribution in [0, 0.1) is 0 Å². The second kappa shape index (κ2) is 10.6. The van der Waals surface area contributed by atoms with Crippen LogP contribution in [0.5, 0.6) is 5.75 Å². The van der Waals surface area contributed by atoms with Crippen LogP contribution in [0.25, 0.3) is 5.69 Å². The van der Waals surface area contributed by atoms with E-state index in [1.807, 2.05) is 16.8 Å². The van der Waals surface area contributed by atoms with Gasteiger partial charge in [0, 0.05) is 38.4 Å². The molecule has 42 heavy (non-hydrogen) atoms. The highest BCUT2D eigenvalue weighted by molar-refractivity contribution is 5.95. The first kappa shape index (κ1) is 28.0. The van der Waals surface area contributed by atoms with Gasteiger partial charge in [0.25, 0.3) is 5.91 Å². The number of hydrogen-bond acceptors (Lipinski definition) is 6. The molecule has 9 nitrogen and oxygen atoms in total. The summed E-state index contributed by atoms with van der Waals surface area (Å²) in [7, 11) is 1.53. The lowest BCUT2D eigenvalue weighted by molar-refractivity contribution is -0.142. The van der Waals surface area contributed by atoms with Crippen molar-refractivity contribution < 1.29 is 32.6 Å². The van der Waals surface area contributed by atoms with Gasteiger partial charge in [-0.15, -0.1) is 0 Å². The first-order chi connectivity index (χ1) is 20.1. The average molecular weight is 582 g/mol. The quantitative estimate of drug-likeness (QED) is 0.438. The number of pyridine rings is 1. The Labute approximate surface area is 240 Å². The fraction of sp³-hybridized carbons (Fsp3) is 0.400. The zero-order chi connectivity index (χ0) is 29.8. The Hall–Kier alpha value is -4.19. The number of carbonyl (C=O) groups excluding carboxylic acids is 2. The third kappa shape index (κ3) is 4.73. The Morgan fingerprint density at radius 1 is 1.17 bits per heavy atom. The number of rotatable bonds is 5. The molecule has 1 aliphatic carbocycles. The predicted molar refractivity (Wildman–Crippen MR) is 145 cm³/mol. The summed E-state index contributed by atoms with van der Waals surface area (Å²) in [5, 5.41) is 15.0. The van der Waals surface area contributed by atoms with Gasteiger partial charge in [0.05, 0.1) is 35.2 Å². The number of halogens is 3. The van der Waals surface area contributed by atoms with Crippen LogP contribution < -0.4 is 0 Å². The van der Waals surface area contributed by atoms with Gasteiger partial charge in [-0.25, -0.2) is 9.67 Å². The Morgan fingerprint density at radius 2 is 1.90 bits per heavy atom. The van der Waals surface area contributed by atoms with Crippen LogP contribution in [0.15, 0.2) is 49.2 Å². The van der Waals surface area contributed by atoms with E-state index in [1.165, 1.54) is 47.8 Å². The molecule has 2 aromatic heterocycles. The zero-order valence-electron chi connectivity index (χ0n) is 23.0. The molecule has 6 rings (SSSR count). The molecule has 1 aromatic carbocycles. The van der Waals surface area contributed by atoms with Crippen LogP contribution >= 0.6 is 0 Å². The molecular formula is C30H30F3N5O4. The molecule has 1 fully saturated rings. The standard InChI is InChI=1S/C30H30F3N5O4/c1-3-25(40)36-15-22-26-21(11-12-37(22)29(41)19-13-23(39)28(34-14-19)30(31,32)33)38(35-27(26)24(16-36)42-2)20-9-7-18(8-10-20)17-5-4-6-17/h3,7-10,13-14,17,22,24,39H,1,4-6,11-12,15-16H2,2H3. The van der Waals surface area contributed by atoms with Gasteiger partial charge in [0.1, 0.15) is 11.9 Å². The molecule has 0 spiro atoms. The highest BCUT2D eigenvalue weighted by Gasteiger charge is 2.43. The Kier molecular flexibility index (Phi) is 7.04. The SMILES string of the molecule is C=CC(=O)N1CC(OC)c2nn(-c3ccc(C4CCC4)cc3)c3c2C(C1)N(C(=O)c1cnc(C(F)(F)F)c(O)c1)CC3. The second-order valence-corrected chi connectivity index (χ2v) is 10.9. The maximum Gasteiger partial charge on any atom is 0.437 e. The maximum atomic E-state index is 13.8. The predicted octanol–water partition coefficient (Wildman–Crippen LogP) is 4.71. The van der Waals surface area contributed by atoms with Crippen molar-refractivity contribution in [3.05, 3.63) is 83.0 Å². The number of amides is 2. The smallest absolute Gasteiger partial charge is 0.437 e. The molecule has 1 N–H and O–H groups in total. The molecule has 0 saturated heterocycles. The topological polar surface area (TPSA) is 101 Å². The van der Waals surface area contributed by atoms with Crippen molar-refractivity contribution in [3.63, 3.8) is 0 Å². The van der Waals surface area contributed by atoms with Gasteiger partial charge >= 0.3 is 6.18 Å². The molecule has 2 unspecified atom stereocenters. The fourth-order valence-corrected chi connectivity index (χ4v) is 6.16. The average Bonchev–Trinajstić information content (AvgIpc) is 3.24. The van der Waals surface area contributed by atoms with E-state index in [1.54, 1.807) is 0 Å². The molecule has 220 valence electrons. The molecule has 3 aromatic rings. The van der Waals surface area contributed by atoms with Crippen LogP contribution in [0.2, 0.25) is 0 Å². The van der Waals surface area contributed by atoms with Crippen LogP contribution in [0.3, 0.4) is 0 Å². The Morgan fingerprint density at radius 3 is 2.50 bits per heavy atom. The number of hydrogen-bond donors (Lipinski definition) is 1. The molecule has 2 atom stereocenters. The fourth-order valence-electron chi connectivity index (χ4n) is 6.16. The molecule has 2 amide bonds. The molecule has 12 heteroatoms. The van der Waals surface area contributed by atoms with Crippen LogP contribution in [0.4, 0.5) is 13.2 Å². The van der Waals surface area contributed by atoms with Crippen molar-refractivity contribution in [1.82, 2.24) is 24.6 Å². The van der Waals surface area contributed by atoms with Gasteiger partial charge in [-0.2, -0.15) is 18.3 Å². The van der Waals surface area contributed by atoms with Crippen molar-refractivity contribution in [2.24, 2.45) is 0 Å². The van der Waals surface area contributed by atoms with Gasteiger partial charge in [0.15, 0.2) is 5.69 Å². The van der Waals surface area contributed by atoms with E-state index in [4.69, 9.17) is 9.84 Å². The number of benzene rings is 1. The first-order valence-corrected chi connectivity index (χ1v) is 13.8. The van der Waals surface area contributed by atoms with Gasteiger partial charge < -0.3 is 19.6 Å². The highest BCUT2D eigenvalue weighted by Crippen LogP contribution is 2.42. The van der Waals surface area contributed by atoms with E-state index in [9.17, 15) is 27.9 Å². The van der Waals surface area contributed by atoms with Crippen LogP contribution in [-0.4, -0.2) is 68.2 Å². The van der Waals surface area contributed by atoms with Crippen LogP contribution in [-0.2, 0) is 22.1 Å². The molecule has 0 radical (unpaired) electrons. The monoisotopic (exact) mass is 581 g/mol. The van der Waals surface area contributed by atoms with E-state index in [0.29, 0.717) is 18.0 Å². The molecule has 1 saturated carbocycles. The molecule has 2 aliphatic heterocycles. The second-order valence-electron chi connectivity index (χ2n) is 10.9. The third-order valence-electron chi connectivity index (χ3n) is 8.56. The van der Waals surface area contributed by atoms with Crippen LogP contribution in [0.1, 0.15) is 75.9 Å². The van der Waals surface area contributed by atoms with E-state index >= 15 is 0 Å². The van der Waals surface area contributed by atoms with E-state index in [-0.39, 0.29) is 31.1 Å². The minimum absolute atomic E-state index is 0.100. The third-order valence-corrected chi connectivity index (χ3v) is 8.56. The lowest BCUT2D eigenvalue weighted by Crippen LogP contribution is -2.46. The Balaban J connectivity index is 1.42. The summed E-state index contributed by atoms with van der Waals surface area (Å²) in [5.41, 5.74) is 2.71. The van der Waals surface area contributed by atoms with Gasteiger partial charge in [-0.3, -0.25) is 9.59 Å². The zero-order valence-corrected chi connectivity index (χ0v) is 23.0. The number of carbonyl (C=O) groups is 2. The summed E-state index contributed by atoms with van der Waals surface area (Å²) in [6.07, 6.45) is 0.569. The highest BCUT2D eigenvalue weighted by atomic mass is 19.4.